The average Bonchev–Trinajstić information content (AvgIpc) is 2.48. The maximum atomic E-state index is 9.08. The monoisotopic (exact) mass is 285 g/mol. The Morgan fingerprint density at radius 3 is 1.85 bits per heavy atom. The van der Waals surface area contributed by atoms with Crippen LogP contribution >= 0.6 is 0 Å². The van der Waals surface area contributed by atoms with Crippen LogP contribution in [0.5, 0.6) is 0 Å². The van der Waals surface area contributed by atoms with E-state index in [2.05, 4.69) is 20.4 Å². The van der Waals surface area contributed by atoms with E-state index in [1.807, 2.05) is 18.7 Å². The Bertz CT molecular complexity index is 394. The quantitative estimate of drug-likeness (QED) is 0.327. The molecule has 0 unspecified atom stereocenters. The number of hydrazine groups is 1. The Hall–Kier alpha value is -1.71. The molecule has 1 rings (SSSR count). The predicted octanol–water partition coefficient (Wildman–Crippen LogP) is -1.21. The smallest absolute Gasteiger partial charge is 0.243 e. The summed E-state index contributed by atoms with van der Waals surface area (Å²) in [6.07, 6.45) is 0. The summed E-state index contributed by atoms with van der Waals surface area (Å²) in [5.74, 6) is 6.51. The second kappa shape index (κ2) is 8.46. The van der Waals surface area contributed by atoms with Gasteiger partial charge in [0.05, 0.1) is 13.2 Å². The maximum absolute atomic E-state index is 9.08. The van der Waals surface area contributed by atoms with Gasteiger partial charge in [0.15, 0.2) is 0 Å². The molecule has 0 aromatic carbocycles. The number of rotatable bonds is 9. The molecule has 20 heavy (non-hydrogen) atoms. The lowest BCUT2D eigenvalue weighted by Gasteiger charge is -2.24. The highest BCUT2D eigenvalue weighted by Gasteiger charge is 2.15. The molecule has 0 amide bonds. The highest BCUT2D eigenvalue weighted by molar-refractivity contribution is 5.44. The summed E-state index contributed by atoms with van der Waals surface area (Å²) in [7, 11) is 0. The number of nitrogens with zero attached hydrogens (tertiary/aromatic N) is 5. The van der Waals surface area contributed by atoms with Crippen LogP contribution in [0.25, 0.3) is 0 Å². The van der Waals surface area contributed by atoms with Crippen LogP contribution < -0.4 is 21.1 Å². The topological polar surface area (TPSA) is 124 Å². The van der Waals surface area contributed by atoms with Crippen molar-refractivity contribution in [2.75, 3.05) is 54.6 Å². The third-order valence-corrected chi connectivity index (χ3v) is 2.81. The first-order valence-corrected chi connectivity index (χ1v) is 6.64. The molecule has 0 spiro atoms. The first kappa shape index (κ1) is 16.3. The lowest BCUT2D eigenvalue weighted by atomic mass is 10.5. The van der Waals surface area contributed by atoms with Gasteiger partial charge in [-0.25, -0.2) is 5.84 Å². The van der Waals surface area contributed by atoms with Crippen molar-refractivity contribution in [2.24, 2.45) is 5.84 Å². The number of hydrogen-bond donors (Lipinski definition) is 4. The van der Waals surface area contributed by atoms with Gasteiger partial charge < -0.3 is 20.0 Å². The molecule has 114 valence electrons. The number of nitrogens with two attached hydrogens (primary N) is 1. The molecule has 0 aliphatic carbocycles. The Morgan fingerprint density at radius 2 is 1.45 bits per heavy atom. The number of nitrogen functional groups attached to an aromatic ring is 1. The van der Waals surface area contributed by atoms with Crippen molar-refractivity contribution in [3.63, 3.8) is 0 Å². The van der Waals surface area contributed by atoms with Gasteiger partial charge in [-0.1, -0.05) is 0 Å². The summed E-state index contributed by atoms with van der Waals surface area (Å²) >= 11 is 0. The van der Waals surface area contributed by atoms with Crippen LogP contribution in [0.15, 0.2) is 0 Å². The second-order valence-corrected chi connectivity index (χ2v) is 4.01. The van der Waals surface area contributed by atoms with Crippen LogP contribution in [-0.2, 0) is 0 Å². The molecule has 0 saturated heterocycles. The molecule has 0 aliphatic heterocycles. The number of nitrogens with one attached hydrogen (secondary N) is 1. The number of anilines is 3. The third-order valence-electron chi connectivity index (χ3n) is 2.81. The molecule has 0 aliphatic rings. The number of aromatic nitrogens is 3. The summed E-state index contributed by atoms with van der Waals surface area (Å²) in [6.45, 7) is 6.05. The van der Waals surface area contributed by atoms with Gasteiger partial charge in [-0.2, -0.15) is 15.0 Å². The van der Waals surface area contributed by atoms with E-state index < -0.39 is 0 Å². The Labute approximate surface area is 118 Å². The van der Waals surface area contributed by atoms with E-state index in [-0.39, 0.29) is 19.2 Å². The molecule has 0 saturated carbocycles. The molecule has 0 radical (unpaired) electrons. The lowest BCUT2D eigenvalue weighted by molar-refractivity contribution is 0.280. The van der Waals surface area contributed by atoms with Crippen molar-refractivity contribution < 1.29 is 10.2 Å². The molecule has 1 aromatic heterocycles. The molecule has 0 bridgehead atoms. The lowest BCUT2D eigenvalue weighted by Crippen LogP contribution is -2.33. The van der Waals surface area contributed by atoms with Crippen molar-refractivity contribution >= 4 is 17.8 Å². The van der Waals surface area contributed by atoms with Gasteiger partial charge in [0.25, 0.3) is 0 Å². The van der Waals surface area contributed by atoms with Crippen LogP contribution in [0.3, 0.4) is 0 Å². The zero-order chi connectivity index (χ0) is 15.0. The SMILES string of the molecule is CCN(CC)c1nc(NN)nc(N(CCO)CCO)n1. The van der Waals surface area contributed by atoms with Gasteiger partial charge in [0.1, 0.15) is 0 Å². The van der Waals surface area contributed by atoms with Crippen LogP contribution in [0.1, 0.15) is 13.8 Å². The predicted molar refractivity (Wildman–Crippen MR) is 77.6 cm³/mol. The normalized spacial score (nSPS) is 10.4. The number of hydrogen-bond acceptors (Lipinski definition) is 9. The molecule has 9 nitrogen and oxygen atoms in total. The van der Waals surface area contributed by atoms with Crippen LogP contribution in [0.2, 0.25) is 0 Å². The van der Waals surface area contributed by atoms with E-state index in [0.29, 0.717) is 25.0 Å². The average molecular weight is 285 g/mol. The van der Waals surface area contributed by atoms with E-state index in [1.165, 1.54) is 0 Å². The minimum Gasteiger partial charge on any atom is -0.395 e. The van der Waals surface area contributed by atoms with E-state index in [4.69, 9.17) is 16.1 Å². The van der Waals surface area contributed by atoms with Gasteiger partial charge in [-0.15, -0.1) is 0 Å². The zero-order valence-electron chi connectivity index (χ0n) is 12.0. The van der Waals surface area contributed by atoms with Crippen molar-refractivity contribution in [1.29, 1.82) is 0 Å². The number of aliphatic hydroxyl groups is 2. The van der Waals surface area contributed by atoms with E-state index in [0.717, 1.165) is 13.1 Å². The summed E-state index contributed by atoms with van der Waals surface area (Å²) in [5, 5.41) is 18.2. The molecule has 1 heterocycles. The Balaban J connectivity index is 3.13. The standard InChI is InChI=1S/C11H23N7O2/c1-3-17(4-2)10-13-9(16-12)14-11(15-10)18(5-7-19)6-8-20/h19-20H,3-8,12H2,1-2H3,(H,13,14,15,16). The van der Waals surface area contributed by atoms with E-state index in [9.17, 15) is 0 Å². The van der Waals surface area contributed by atoms with Gasteiger partial charge >= 0.3 is 0 Å². The summed E-state index contributed by atoms with van der Waals surface area (Å²) < 4.78 is 0. The summed E-state index contributed by atoms with van der Waals surface area (Å²) in [6, 6.07) is 0. The zero-order valence-corrected chi connectivity index (χ0v) is 12.0. The van der Waals surface area contributed by atoms with Gasteiger partial charge in [0, 0.05) is 26.2 Å². The molecule has 1 aromatic rings. The second-order valence-electron chi connectivity index (χ2n) is 4.01. The summed E-state index contributed by atoms with van der Waals surface area (Å²) in [5.41, 5.74) is 2.41. The molecule has 9 heteroatoms. The molecular formula is C11H23N7O2. The van der Waals surface area contributed by atoms with Crippen molar-refractivity contribution in [3.05, 3.63) is 0 Å². The maximum Gasteiger partial charge on any atom is 0.243 e. The van der Waals surface area contributed by atoms with Crippen LogP contribution in [-0.4, -0.2) is 64.6 Å². The van der Waals surface area contributed by atoms with Gasteiger partial charge in [-0.3, -0.25) is 5.43 Å². The van der Waals surface area contributed by atoms with Crippen molar-refractivity contribution in [3.8, 4) is 0 Å². The fourth-order valence-electron chi connectivity index (χ4n) is 1.76. The molecular weight excluding hydrogens is 262 g/mol. The Kier molecular flexibility index (Phi) is 6.91. The highest BCUT2D eigenvalue weighted by Crippen LogP contribution is 2.15. The molecule has 5 N–H and O–H groups in total. The fourth-order valence-corrected chi connectivity index (χ4v) is 1.76. The first-order chi connectivity index (χ1) is 9.69. The first-order valence-electron chi connectivity index (χ1n) is 6.64. The number of aliphatic hydroxyl groups excluding tert-OH is 2. The highest BCUT2D eigenvalue weighted by atomic mass is 16.3. The minimum atomic E-state index is -0.0579. The third kappa shape index (κ3) is 4.15. The van der Waals surface area contributed by atoms with Gasteiger partial charge in [-0.05, 0) is 13.8 Å². The van der Waals surface area contributed by atoms with Crippen LogP contribution in [0, 0.1) is 0 Å². The minimum absolute atomic E-state index is 0.0579. The van der Waals surface area contributed by atoms with E-state index in [1.54, 1.807) is 4.90 Å². The van der Waals surface area contributed by atoms with Gasteiger partial charge in [0.2, 0.25) is 17.8 Å². The largest absolute Gasteiger partial charge is 0.395 e. The van der Waals surface area contributed by atoms with Crippen molar-refractivity contribution in [2.45, 2.75) is 13.8 Å². The molecule has 0 fully saturated rings. The van der Waals surface area contributed by atoms with Crippen molar-refractivity contribution in [1.82, 2.24) is 15.0 Å². The van der Waals surface area contributed by atoms with E-state index >= 15 is 0 Å². The van der Waals surface area contributed by atoms with Crippen LogP contribution in [0.4, 0.5) is 17.8 Å². The Morgan fingerprint density at radius 1 is 0.950 bits per heavy atom. The molecule has 0 atom stereocenters. The fraction of sp³-hybridized carbons (Fsp3) is 0.727. The summed E-state index contributed by atoms with van der Waals surface area (Å²) in [4.78, 5) is 16.4.